The van der Waals surface area contributed by atoms with Gasteiger partial charge in [-0.2, -0.15) is 0 Å². The van der Waals surface area contributed by atoms with Crippen molar-refractivity contribution in [1.29, 1.82) is 0 Å². The Morgan fingerprint density at radius 3 is 2.39 bits per heavy atom. The standard InChI is InChI=1S/C35H44FN5O4S/c1-4-30(42)38-31(35(45)41-18-16-40(3)17-19-41)22(2)24-14-15-28(27(36)20-24)37-34(44)32(23-10-6-5-7-11-23)39-33(43)26-21-46-29-13-9-8-12-25(26)29/h8-9,12-15,20-23,31-32H,4-7,10-11,16-19H2,1-3H3,(H,37,44)(H,38,42)(H,39,43). The molecule has 246 valence electrons. The van der Waals surface area contributed by atoms with Crippen LogP contribution < -0.4 is 16.0 Å². The van der Waals surface area contributed by atoms with Crippen LogP contribution >= 0.6 is 11.3 Å². The molecule has 0 spiro atoms. The van der Waals surface area contributed by atoms with Crippen molar-refractivity contribution >= 4 is 50.7 Å². The first-order chi connectivity index (χ1) is 22.2. The Balaban J connectivity index is 1.33. The molecule has 2 heterocycles. The number of rotatable bonds is 10. The molecule has 3 unspecified atom stereocenters. The lowest BCUT2D eigenvalue weighted by Gasteiger charge is -2.36. The van der Waals surface area contributed by atoms with E-state index in [9.17, 15) is 19.2 Å². The first kappa shape index (κ1) is 33.5. The lowest BCUT2D eigenvalue weighted by molar-refractivity contribution is -0.138. The normalized spacial score (nSPS) is 18.0. The second-order valence-electron chi connectivity index (χ2n) is 12.5. The number of benzene rings is 2. The van der Waals surface area contributed by atoms with E-state index in [0.29, 0.717) is 24.2 Å². The Labute approximate surface area is 273 Å². The number of amides is 4. The van der Waals surface area contributed by atoms with Gasteiger partial charge in [-0.15, -0.1) is 11.3 Å². The SMILES string of the molecule is CCC(=O)NC(C(=O)N1CCN(C)CC1)C(C)c1ccc(NC(=O)C(NC(=O)c2csc3ccccc23)C2CCCCC2)c(F)c1. The van der Waals surface area contributed by atoms with Gasteiger partial charge in [-0.1, -0.05) is 57.4 Å². The maximum atomic E-state index is 15.6. The van der Waals surface area contributed by atoms with Crippen molar-refractivity contribution < 1.29 is 23.6 Å². The molecule has 11 heteroatoms. The summed E-state index contributed by atoms with van der Waals surface area (Å²) in [6, 6.07) is 10.5. The van der Waals surface area contributed by atoms with E-state index in [2.05, 4.69) is 20.9 Å². The molecule has 0 radical (unpaired) electrons. The number of carbonyl (C=O) groups excluding carboxylic acids is 4. The van der Waals surface area contributed by atoms with Gasteiger partial charge < -0.3 is 25.8 Å². The highest BCUT2D eigenvalue weighted by Crippen LogP contribution is 2.30. The molecule has 46 heavy (non-hydrogen) atoms. The summed E-state index contributed by atoms with van der Waals surface area (Å²) < 4.78 is 16.6. The van der Waals surface area contributed by atoms with Gasteiger partial charge in [-0.05, 0) is 49.6 Å². The summed E-state index contributed by atoms with van der Waals surface area (Å²) in [5.41, 5.74) is 1.05. The Morgan fingerprint density at radius 2 is 1.70 bits per heavy atom. The number of halogens is 1. The number of likely N-dealkylation sites (N-methyl/N-ethyl adjacent to an activating group) is 1. The molecule has 3 aromatic rings. The van der Waals surface area contributed by atoms with Gasteiger partial charge in [-0.3, -0.25) is 19.2 Å². The molecule has 5 rings (SSSR count). The third-order valence-electron chi connectivity index (χ3n) is 9.41. The van der Waals surface area contributed by atoms with Crippen molar-refractivity contribution in [2.75, 3.05) is 38.5 Å². The van der Waals surface area contributed by atoms with Gasteiger partial charge in [0.05, 0.1) is 11.3 Å². The van der Waals surface area contributed by atoms with Crippen molar-refractivity contribution in [3.8, 4) is 0 Å². The van der Waals surface area contributed by atoms with Gasteiger partial charge in [0.25, 0.3) is 5.91 Å². The number of fused-ring (bicyclic) bond motifs is 1. The number of nitrogens with one attached hydrogen (secondary N) is 3. The number of nitrogens with zero attached hydrogens (tertiary/aromatic N) is 2. The average Bonchev–Trinajstić information content (AvgIpc) is 3.51. The van der Waals surface area contributed by atoms with Crippen LogP contribution in [0.2, 0.25) is 0 Å². The minimum atomic E-state index is -0.852. The van der Waals surface area contributed by atoms with E-state index >= 15 is 4.39 Å². The fraction of sp³-hybridized carbons (Fsp3) is 0.486. The van der Waals surface area contributed by atoms with Crippen LogP contribution in [-0.2, 0) is 14.4 Å². The number of thiophene rings is 1. The predicted molar refractivity (Wildman–Crippen MR) is 179 cm³/mol. The van der Waals surface area contributed by atoms with Crippen molar-refractivity contribution in [3.05, 3.63) is 64.8 Å². The molecule has 2 fully saturated rings. The number of carbonyl (C=O) groups is 4. The summed E-state index contributed by atoms with van der Waals surface area (Å²) in [7, 11) is 2.00. The Hall–Kier alpha value is -3.83. The van der Waals surface area contributed by atoms with Gasteiger partial charge >= 0.3 is 0 Å². The number of anilines is 1. The maximum Gasteiger partial charge on any atom is 0.253 e. The molecule has 1 aliphatic carbocycles. The van der Waals surface area contributed by atoms with E-state index in [0.717, 1.165) is 55.3 Å². The number of hydrogen-bond acceptors (Lipinski definition) is 6. The highest BCUT2D eigenvalue weighted by atomic mass is 32.1. The van der Waals surface area contributed by atoms with Gasteiger partial charge in [0.1, 0.15) is 17.9 Å². The lowest BCUT2D eigenvalue weighted by atomic mass is 9.83. The van der Waals surface area contributed by atoms with Crippen molar-refractivity contribution in [3.63, 3.8) is 0 Å². The third kappa shape index (κ3) is 7.75. The topological polar surface area (TPSA) is 111 Å². The van der Waals surface area contributed by atoms with Crippen LogP contribution in [0, 0.1) is 11.7 Å². The molecule has 3 atom stereocenters. The molecular formula is C35H44FN5O4S. The van der Waals surface area contributed by atoms with E-state index in [-0.39, 0.29) is 35.7 Å². The smallest absolute Gasteiger partial charge is 0.253 e. The predicted octanol–water partition coefficient (Wildman–Crippen LogP) is 5.13. The largest absolute Gasteiger partial charge is 0.344 e. The quantitative estimate of drug-likeness (QED) is 0.282. The molecule has 2 aliphatic rings. The maximum absolute atomic E-state index is 15.6. The Morgan fingerprint density at radius 1 is 0.978 bits per heavy atom. The number of piperazine rings is 1. The van der Waals surface area contributed by atoms with Crippen LogP contribution in [0.4, 0.5) is 10.1 Å². The van der Waals surface area contributed by atoms with E-state index in [1.807, 2.05) is 31.3 Å². The molecule has 1 saturated carbocycles. The van der Waals surface area contributed by atoms with Crippen LogP contribution in [-0.4, -0.2) is 78.7 Å². The summed E-state index contributed by atoms with van der Waals surface area (Å²) in [6.07, 6.45) is 4.84. The molecule has 1 aliphatic heterocycles. The van der Waals surface area contributed by atoms with Gasteiger partial charge in [0, 0.05) is 54.0 Å². The molecule has 1 saturated heterocycles. The average molecular weight is 650 g/mol. The summed E-state index contributed by atoms with van der Waals surface area (Å²) in [5.74, 6) is -2.46. The van der Waals surface area contributed by atoms with Crippen molar-refractivity contribution in [1.82, 2.24) is 20.4 Å². The van der Waals surface area contributed by atoms with E-state index in [1.54, 1.807) is 30.2 Å². The van der Waals surface area contributed by atoms with Crippen LogP contribution in [0.3, 0.4) is 0 Å². The zero-order chi connectivity index (χ0) is 32.8. The summed E-state index contributed by atoms with van der Waals surface area (Å²) in [4.78, 5) is 57.0. The molecular weight excluding hydrogens is 605 g/mol. The highest BCUT2D eigenvalue weighted by molar-refractivity contribution is 7.17. The molecule has 1 aromatic heterocycles. The minimum Gasteiger partial charge on any atom is -0.344 e. The first-order valence-electron chi connectivity index (χ1n) is 16.3. The summed E-state index contributed by atoms with van der Waals surface area (Å²) >= 11 is 1.48. The molecule has 0 bridgehead atoms. The van der Waals surface area contributed by atoms with Gasteiger partial charge in [0.2, 0.25) is 17.7 Å². The van der Waals surface area contributed by atoms with Crippen molar-refractivity contribution in [2.24, 2.45) is 5.92 Å². The Bertz CT molecular complexity index is 1560. The first-order valence-corrected chi connectivity index (χ1v) is 17.2. The van der Waals surface area contributed by atoms with E-state index in [4.69, 9.17) is 0 Å². The second kappa shape index (κ2) is 15.2. The second-order valence-corrected chi connectivity index (χ2v) is 13.5. The monoisotopic (exact) mass is 649 g/mol. The lowest BCUT2D eigenvalue weighted by Crippen LogP contribution is -2.55. The van der Waals surface area contributed by atoms with E-state index in [1.165, 1.54) is 23.5 Å². The summed E-state index contributed by atoms with van der Waals surface area (Å²) in [5, 5.41) is 11.2. The van der Waals surface area contributed by atoms with Crippen LogP contribution in [0.25, 0.3) is 10.1 Å². The highest BCUT2D eigenvalue weighted by Gasteiger charge is 2.34. The van der Waals surface area contributed by atoms with Gasteiger partial charge in [0.15, 0.2) is 0 Å². The molecule has 3 N–H and O–H groups in total. The molecule has 9 nitrogen and oxygen atoms in total. The molecule has 2 aromatic carbocycles. The zero-order valence-corrected chi connectivity index (χ0v) is 27.6. The van der Waals surface area contributed by atoms with Crippen LogP contribution in [0.15, 0.2) is 47.8 Å². The van der Waals surface area contributed by atoms with E-state index < -0.39 is 29.7 Å². The zero-order valence-electron chi connectivity index (χ0n) is 26.8. The Kier molecular flexibility index (Phi) is 11.1. The van der Waals surface area contributed by atoms with Crippen molar-refractivity contribution in [2.45, 2.75) is 70.4 Å². The van der Waals surface area contributed by atoms with Gasteiger partial charge in [-0.25, -0.2) is 4.39 Å². The van der Waals surface area contributed by atoms with Crippen LogP contribution in [0.5, 0.6) is 0 Å². The molecule has 4 amide bonds. The fourth-order valence-electron chi connectivity index (χ4n) is 6.46. The number of hydrogen-bond donors (Lipinski definition) is 3. The third-order valence-corrected chi connectivity index (χ3v) is 10.4. The minimum absolute atomic E-state index is 0.00321. The van der Waals surface area contributed by atoms with Crippen LogP contribution in [0.1, 0.15) is 74.2 Å². The summed E-state index contributed by atoms with van der Waals surface area (Å²) in [6.45, 7) is 6.11. The fourth-order valence-corrected chi connectivity index (χ4v) is 7.40.